The number of carbonyl (C=O) groups excluding carboxylic acids is 1. The van der Waals surface area contributed by atoms with Crippen LogP contribution in [0.15, 0.2) is 29.2 Å². The Hall–Kier alpha value is -1.15. The molecule has 0 spiro atoms. The van der Waals surface area contributed by atoms with E-state index in [4.69, 9.17) is 0 Å². The minimum Gasteiger partial charge on any atom is -0.348 e. The number of sulfonamides is 1. The maximum atomic E-state index is 12.3. The lowest BCUT2D eigenvalue weighted by Gasteiger charge is -2.30. The number of carbonyl (C=O) groups is 1. The molecule has 2 unspecified atom stereocenters. The van der Waals surface area contributed by atoms with Crippen LogP contribution in [0.5, 0.6) is 0 Å². The van der Waals surface area contributed by atoms with Gasteiger partial charge in [-0.1, -0.05) is 0 Å². The van der Waals surface area contributed by atoms with E-state index in [0.717, 1.165) is 32.2 Å². The summed E-state index contributed by atoms with van der Waals surface area (Å²) in [7, 11) is -3.47. The maximum Gasteiger partial charge on any atom is 0.251 e. The lowest BCUT2D eigenvalue weighted by atomic mass is 9.99. The summed E-state index contributed by atoms with van der Waals surface area (Å²) in [6.07, 6.45) is 3.79. The van der Waals surface area contributed by atoms with Crippen molar-refractivity contribution in [2.75, 3.05) is 6.54 Å². The number of hydrogen-bond acceptors (Lipinski definition) is 4. The van der Waals surface area contributed by atoms with Crippen molar-refractivity contribution in [2.45, 2.75) is 55.6 Å². The minimum atomic E-state index is -3.47. The van der Waals surface area contributed by atoms with Crippen LogP contribution in [0, 0.1) is 0 Å². The SMILES string of the molecule is CC1NCCCC1NC(=O)c1ccc(S(=O)(=O)NC2CC2)cc1.Cl. The molecule has 2 aliphatic rings. The second kappa shape index (κ2) is 7.82. The van der Waals surface area contributed by atoms with Crippen LogP contribution >= 0.6 is 12.4 Å². The number of amides is 1. The van der Waals surface area contributed by atoms with Gasteiger partial charge in [0.25, 0.3) is 5.91 Å². The van der Waals surface area contributed by atoms with Gasteiger partial charge < -0.3 is 10.6 Å². The van der Waals surface area contributed by atoms with Crippen molar-refractivity contribution in [3.05, 3.63) is 29.8 Å². The fourth-order valence-electron chi connectivity index (χ4n) is 2.77. The monoisotopic (exact) mass is 373 g/mol. The van der Waals surface area contributed by atoms with E-state index < -0.39 is 10.0 Å². The lowest BCUT2D eigenvalue weighted by Crippen LogP contribution is -2.51. The van der Waals surface area contributed by atoms with Crippen LogP contribution in [0.2, 0.25) is 0 Å². The van der Waals surface area contributed by atoms with Gasteiger partial charge in [-0.25, -0.2) is 13.1 Å². The third-order valence-corrected chi connectivity index (χ3v) is 5.94. The average Bonchev–Trinajstić information content (AvgIpc) is 3.33. The Labute approximate surface area is 149 Å². The number of nitrogens with one attached hydrogen (secondary N) is 3. The van der Waals surface area contributed by atoms with Gasteiger partial charge >= 0.3 is 0 Å². The van der Waals surface area contributed by atoms with Crippen molar-refractivity contribution < 1.29 is 13.2 Å². The predicted molar refractivity (Wildman–Crippen MR) is 95.0 cm³/mol. The van der Waals surface area contributed by atoms with Crippen molar-refractivity contribution in [1.29, 1.82) is 0 Å². The first-order valence-electron chi connectivity index (χ1n) is 8.12. The molecule has 0 radical (unpaired) electrons. The van der Waals surface area contributed by atoms with Crippen molar-refractivity contribution in [1.82, 2.24) is 15.4 Å². The molecule has 0 bridgehead atoms. The third-order valence-electron chi connectivity index (χ3n) is 4.40. The van der Waals surface area contributed by atoms with E-state index >= 15 is 0 Å². The summed E-state index contributed by atoms with van der Waals surface area (Å²) in [5, 5.41) is 6.36. The van der Waals surface area contributed by atoms with Gasteiger partial charge in [-0.05, 0) is 63.4 Å². The van der Waals surface area contributed by atoms with Crippen LogP contribution in [0.4, 0.5) is 0 Å². The fraction of sp³-hybridized carbons (Fsp3) is 0.562. The normalized spacial score (nSPS) is 24.0. The third kappa shape index (κ3) is 4.69. The van der Waals surface area contributed by atoms with E-state index in [1.807, 2.05) is 0 Å². The van der Waals surface area contributed by atoms with E-state index in [9.17, 15) is 13.2 Å². The molecule has 8 heteroatoms. The van der Waals surface area contributed by atoms with Crippen LogP contribution in [0.3, 0.4) is 0 Å². The summed E-state index contributed by atoms with van der Waals surface area (Å²) in [5.41, 5.74) is 0.480. The molecule has 3 N–H and O–H groups in total. The maximum absolute atomic E-state index is 12.3. The zero-order chi connectivity index (χ0) is 16.4. The van der Waals surface area contributed by atoms with Gasteiger partial charge in [0.05, 0.1) is 4.90 Å². The van der Waals surface area contributed by atoms with Crippen molar-refractivity contribution in [3.8, 4) is 0 Å². The van der Waals surface area contributed by atoms with Crippen LogP contribution in [-0.2, 0) is 10.0 Å². The van der Waals surface area contributed by atoms with Gasteiger partial charge in [0.15, 0.2) is 0 Å². The zero-order valence-corrected chi connectivity index (χ0v) is 15.3. The van der Waals surface area contributed by atoms with Crippen LogP contribution in [0.1, 0.15) is 43.0 Å². The molecule has 1 aromatic carbocycles. The second-order valence-electron chi connectivity index (χ2n) is 6.38. The molecule has 1 heterocycles. The van der Waals surface area contributed by atoms with E-state index in [0.29, 0.717) is 5.56 Å². The first kappa shape index (κ1) is 19.2. The lowest BCUT2D eigenvalue weighted by molar-refractivity contribution is 0.0919. The first-order chi connectivity index (χ1) is 11.0. The first-order valence-corrected chi connectivity index (χ1v) is 9.61. The average molecular weight is 374 g/mol. The minimum absolute atomic E-state index is 0. The Bertz CT molecular complexity index is 674. The Kier molecular flexibility index (Phi) is 6.25. The molecule has 1 aliphatic heterocycles. The van der Waals surface area contributed by atoms with Gasteiger partial charge in [-0.3, -0.25) is 4.79 Å². The van der Waals surface area contributed by atoms with Gasteiger partial charge in [0.2, 0.25) is 10.0 Å². The summed E-state index contributed by atoms with van der Waals surface area (Å²) in [4.78, 5) is 12.5. The van der Waals surface area contributed by atoms with Crippen molar-refractivity contribution in [2.24, 2.45) is 0 Å². The molecule has 1 aliphatic carbocycles. The topological polar surface area (TPSA) is 87.3 Å². The van der Waals surface area contributed by atoms with Gasteiger partial charge in [0, 0.05) is 23.7 Å². The summed E-state index contributed by atoms with van der Waals surface area (Å²) in [6.45, 7) is 3.04. The molecule has 1 saturated carbocycles. The summed E-state index contributed by atoms with van der Waals surface area (Å²) < 4.78 is 26.8. The molecule has 3 rings (SSSR count). The van der Waals surface area contributed by atoms with E-state index in [2.05, 4.69) is 22.3 Å². The summed E-state index contributed by atoms with van der Waals surface area (Å²) in [5.74, 6) is -0.162. The second-order valence-corrected chi connectivity index (χ2v) is 8.10. The fourth-order valence-corrected chi connectivity index (χ4v) is 4.07. The van der Waals surface area contributed by atoms with Gasteiger partial charge in [0.1, 0.15) is 0 Å². The van der Waals surface area contributed by atoms with Crippen molar-refractivity contribution >= 4 is 28.3 Å². The largest absolute Gasteiger partial charge is 0.348 e. The Balaban J connectivity index is 0.00000208. The van der Waals surface area contributed by atoms with Gasteiger partial charge in [-0.2, -0.15) is 0 Å². The molecule has 2 atom stereocenters. The molecule has 24 heavy (non-hydrogen) atoms. The molecule has 1 saturated heterocycles. The molecule has 1 aromatic rings. The quantitative estimate of drug-likeness (QED) is 0.728. The van der Waals surface area contributed by atoms with Gasteiger partial charge in [-0.15, -0.1) is 12.4 Å². The highest BCUT2D eigenvalue weighted by molar-refractivity contribution is 7.89. The highest BCUT2D eigenvalue weighted by Crippen LogP contribution is 2.22. The highest BCUT2D eigenvalue weighted by atomic mass is 35.5. The molecule has 1 amide bonds. The number of benzene rings is 1. The Morgan fingerprint density at radius 2 is 1.83 bits per heavy atom. The number of piperidine rings is 1. The van der Waals surface area contributed by atoms with Crippen LogP contribution in [-0.4, -0.2) is 39.0 Å². The predicted octanol–water partition coefficient (Wildman–Crippen LogP) is 1.42. The highest BCUT2D eigenvalue weighted by Gasteiger charge is 2.28. The number of hydrogen-bond donors (Lipinski definition) is 3. The van der Waals surface area contributed by atoms with E-state index in [1.54, 1.807) is 12.1 Å². The molecular weight excluding hydrogens is 350 g/mol. The van der Waals surface area contributed by atoms with Crippen LogP contribution in [0.25, 0.3) is 0 Å². The van der Waals surface area contributed by atoms with Crippen LogP contribution < -0.4 is 15.4 Å². The Morgan fingerprint density at radius 1 is 1.17 bits per heavy atom. The van der Waals surface area contributed by atoms with E-state index in [1.165, 1.54) is 12.1 Å². The number of halogens is 1. The molecule has 0 aromatic heterocycles. The van der Waals surface area contributed by atoms with Crippen molar-refractivity contribution in [3.63, 3.8) is 0 Å². The molecule has 6 nitrogen and oxygen atoms in total. The van der Waals surface area contributed by atoms with E-state index in [-0.39, 0.29) is 41.3 Å². The Morgan fingerprint density at radius 3 is 2.42 bits per heavy atom. The molecular formula is C16H24ClN3O3S. The summed E-state index contributed by atoms with van der Waals surface area (Å²) in [6, 6.07) is 6.54. The smallest absolute Gasteiger partial charge is 0.251 e. The molecule has 2 fully saturated rings. The standard InChI is InChI=1S/C16H23N3O3S.ClH/c1-11-15(3-2-10-17-11)18-16(20)12-4-8-14(9-5-12)23(21,22)19-13-6-7-13;/h4-5,8-9,11,13,15,17,19H,2-3,6-7,10H2,1H3,(H,18,20);1H. The number of rotatable bonds is 5. The molecule has 134 valence electrons. The summed E-state index contributed by atoms with van der Waals surface area (Å²) >= 11 is 0. The zero-order valence-electron chi connectivity index (χ0n) is 13.6.